The summed E-state index contributed by atoms with van der Waals surface area (Å²) in [6.45, 7) is 3.97. The van der Waals surface area contributed by atoms with Crippen molar-refractivity contribution in [2.45, 2.75) is 68.2 Å². The molecule has 5 atom stereocenters. The second-order valence-electron chi connectivity index (χ2n) is 10.7. The predicted molar refractivity (Wildman–Crippen MR) is 128 cm³/mol. The number of rotatable bonds is 4. The molecule has 2 aromatic carbocycles. The topological polar surface area (TPSA) is 111 Å². The van der Waals surface area contributed by atoms with Gasteiger partial charge in [0, 0.05) is 17.3 Å². The number of amides is 2. The number of anilines is 1. The first kappa shape index (κ1) is 21.2. The first-order chi connectivity index (χ1) is 16.9. The number of nitrogens with zero attached hydrogens (tertiary/aromatic N) is 1. The van der Waals surface area contributed by atoms with Crippen molar-refractivity contribution >= 4 is 17.5 Å². The molecule has 2 fully saturated rings. The Kier molecular flexibility index (Phi) is 4.23. The number of fused-ring (bicyclic) bond motifs is 1. The number of nitrogens with one attached hydrogen (secondary N) is 2. The fraction of sp³-hybridized carbons (Fsp3) is 0.481. The van der Waals surface area contributed by atoms with Crippen LogP contribution in [0.4, 0.5) is 5.69 Å². The van der Waals surface area contributed by atoms with Gasteiger partial charge in [0.05, 0.1) is 28.2 Å². The van der Waals surface area contributed by atoms with Gasteiger partial charge in [-0.2, -0.15) is 0 Å². The normalized spacial score (nSPS) is 34.2. The van der Waals surface area contributed by atoms with Crippen LogP contribution in [0, 0.1) is 0 Å². The van der Waals surface area contributed by atoms with Crippen LogP contribution in [0.1, 0.15) is 64.4 Å². The Balaban J connectivity index is 1.35. The third-order valence-corrected chi connectivity index (χ3v) is 9.19. The van der Waals surface area contributed by atoms with Crippen molar-refractivity contribution < 1.29 is 24.5 Å². The molecule has 0 radical (unpaired) electrons. The first-order valence-corrected chi connectivity index (χ1v) is 12.6. The van der Waals surface area contributed by atoms with Gasteiger partial charge in [0.25, 0.3) is 11.8 Å². The summed E-state index contributed by atoms with van der Waals surface area (Å²) in [6, 6.07) is 8.71. The monoisotopic (exact) mass is 475 g/mol. The number of imide groups is 1. The van der Waals surface area contributed by atoms with Gasteiger partial charge in [0.2, 0.25) is 0 Å². The number of phenolic OH excluding ortho intramolecular Hbond substituents is 1. The van der Waals surface area contributed by atoms with Crippen molar-refractivity contribution in [1.82, 2.24) is 10.2 Å². The van der Waals surface area contributed by atoms with Gasteiger partial charge in [0.15, 0.2) is 11.5 Å². The molecule has 1 saturated carbocycles. The molecule has 2 aromatic rings. The van der Waals surface area contributed by atoms with E-state index >= 15 is 0 Å². The summed E-state index contributed by atoms with van der Waals surface area (Å²) in [4.78, 5) is 27.2. The number of aromatic hydroxyl groups is 1. The van der Waals surface area contributed by atoms with Gasteiger partial charge < -0.3 is 20.3 Å². The highest BCUT2D eigenvalue weighted by Crippen LogP contribution is 2.65. The Hall–Kier alpha value is -3.10. The Morgan fingerprint density at radius 2 is 2.06 bits per heavy atom. The van der Waals surface area contributed by atoms with Crippen LogP contribution in [-0.2, 0) is 11.8 Å². The highest BCUT2D eigenvalue weighted by atomic mass is 16.5. The van der Waals surface area contributed by atoms with E-state index in [0.29, 0.717) is 35.4 Å². The highest BCUT2D eigenvalue weighted by Gasteiger charge is 2.72. The molecule has 35 heavy (non-hydrogen) atoms. The predicted octanol–water partition coefficient (Wildman–Crippen LogP) is 2.32. The first-order valence-electron chi connectivity index (χ1n) is 12.6. The minimum absolute atomic E-state index is 0.00406. The number of phenols is 1. The third kappa shape index (κ3) is 2.49. The van der Waals surface area contributed by atoms with Crippen molar-refractivity contribution in [3.05, 3.63) is 52.6 Å². The summed E-state index contributed by atoms with van der Waals surface area (Å²) in [5.41, 5.74) is 1.81. The zero-order chi connectivity index (χ0) is 24.1. The molecule has 8 nitrogen and oxygen atoms in total. The zero-order valence-corrected chi connectivity index (χ0v) is 19.6. The standard InChI is InChI=1S/C27H29N3O5/c1-2-11-30-12-10-26-21-14-6-7-18(31)22(21)35-23(26)17(8-9-27(26,34)19(30)13-14)28-16-5-3-4-15-20(16)25(33)29-24(15)32/h3-7,17,19,23,28,31,34H,2,8-13H2,1H3,(H,29,32,33)/t17-,19-,23+,26+,27?/m1/s1. The number of aliphatic hydroxyl groups is 1. The van der Waals surface area contributed by atoms with E-state index in [2.05, 4.69) is 22.5 Å². The number of hydrogen-bond acceptors (Lipinski definition) is 7. The lowest BCUT2D eigenvalue weighted by molar-refractivity contribution is -0.187. The summed E-state index contributed by atoms with van der Waals surface area (Å²) < 4.78 is 6.56. The molecule has 3 aliphatic heterocycles. The molecule has 2 aliphatic carbocycles. The molecule has 8 heteroatoms. The van der Waals surface area contributed by atoms with Crippen LogP contribution in [0.5, 0.6) is 11.5 Å². The fourth-order valence-electron chi connectivity index (χ4n) is 7.87. The van der Waals surface area contributed by atoms with Crippen molar-refractivity contribution in [2.24, 2.45) is 0 Å². The molecule has 4 N–H and O–H groups in total. The molecule has 182 valence electrons. The van der Waals surface area contributed by atoms with Gasteiger partial charge in [0.1, 0.15) is 6.10 Å². The Morgan fingerprint density at radius 3 is 2.89 bits per heavy atom. The quantitative estimate of drug-likeness (QED) is 0.502. The lowest BCUT2D eigenvalue weighted by Gasteiger charge is -2.64. The Bertz CT molecular complexity index is 1290. The molecule has 1 spiro atoms. The van der Waals surface area contributed by atoms with Crippen LogP contribution in [-0.4, -0.2) is 63.8 Å². The third-order valence-electron chi connectivity index (χ3n) is 9.19. The van der Waals surface area contributed by atoms with E-state index in [-0.39, 0.29) is 23.7 Å². The second-order valence-corrected chi connectivity index (χ2v) is 10.7. The van der Waals surface area contributed by atoms with E-state index in [1.807, 2.05) is 12.1 Å². The summed E-state index contributed by atoms with van der Waals surface area (Å²) in [5.74, 6) is -0.190. The van der Waals surface area contributed by atoms with E-state index in [1.54, 1.807) is 18.2 Å². The van der Waals surface area contributed by atoms with Gasteiger partial charge in [-0.3, -0.25) is 19.8 Å². The van der Waals surface area contributed by atoms with Gasteiger partial charge in [-0.1, -0.05) is 19.1 Å². The molecular weight excluding hydrogens is 446 g/mol. The maximum atomic E-state index is 12.5. The number of hydrogen-bond donors (Lipinski definition) is 4. The summed E-state index contributed by atoms with van der Waals surface area (Å²) in [6.07, 6.45) is 3.32. The maximum absolute atomic E-state index is 12.5. The molecule has 0 aromatic heterocycles. The van der Waals surface area contributed by atoms with Crippen LogP contribution >= 0.6 is 0 Å². The second kappa shape index (κ2) is 6.98. The van der Waals surface area contributed by atoms with Crippen molar-refractivity contribution in [3.63, 3.8) is 0 Å². The number of carbonyl (C=O) groups excluding carboxylic acids is 2. The van der Waals surface area contributed by atoms with Gasteiger partial charge in [-0.05, 0) is 69.0 Å². The number of likely N-dealkylation sites (tertiary alicyclic amines) is 1. The molecular formula is C27H29N3O5. The smallest absolute Gasteiger partial charge is 0.261 e. The van der Waals surface area contributed by atoms with E-state index in [9.17, 15) is 19.8 Å². The van der Waals surface area contributed by atoms with Crippen LogP contribution in [0.15, 0.2) is 30.3 Å². The van der Waals surface area contributed by atoms with Crippen LogP contribution in [0.3, 0.4) is 0 Å². The molecule has 5 aliphatic rings. The van der Waals surface area contributed by atoms with Crippen molar-refractivity contribution in [1.29, 1.82) is 0 Å². The highest BCUT2D eigenvalue weighted by molar-refractivity contribution is 6.23. The molecule has 2 amide bonds. The van der Waals surface area contributed by atoms with Gasteiger partial charge in [-0.25, -0.2) is 0 Å². The van der Waals surface area contributed by atoms with E-state index in [0.717, 1.165) is 43.5 Å². The molecule has 1 unspecified atom stereocenters. The summed E-state index contributed by atoms with van der Waals surface area (Å²) in [5, 5.41) is 29.2. The van der Waals surface area contributed by atoms with Gasteiger partial charge >= 0.3 is 0 Å². The van der Waals surface area contributed by atoms with E-state index in [1.165, 1.54) is 0 Å². The molecule has 1 saturated heterocycles. The lowest BCUT2D eigenvalue weighted by atomic mass is 9.48. The van der Waals surface area contributed by atoms with Crippen LogP contribution < -0.4 is 15.4 Å². The molecule has 2 bridgehead atoms. The molecule has 3 heterocycles. The SMILES string of the molecule is CCCN1CC[C@]23c4c5ccc(O)c4O[C@H]2[C@H](Nc2cccc4c2C(=O)NC4=O)CCC3(O)[C@H]1C5. The minimum Gasteiger partial charge on any atom is -0.504 e. The largest absolute Gasteiger partial charge is 0.504 e. The maximum Gasteiger partial charge on any atom is 0.261 e. The number of benzene rings is 2. The number of carbonyl (C=O) groups is 2. The minimum atomic E-state index is -0.971. The van der Waals surface area contributed by atoms with Crippen molar-refractivity contribution in [2.75, 3.05) is 18.4 Å². The van der Waals surface area contributed by atoms with E-state index < -0.39 is 23.0 Å². The van der Waals surface area contributed by atoms with Crippen LogP contribution in [0.2, 0.25) is 0 Å². The average molecular weight is 476 g/mol. The summed E-state index contributed by atoms with van der Waals surface area (Å²) in [7, 11) is 0. The average Bonchev–Trinajstić information content (AvgIpc) is 3.34. The van der Waals surface area contributed by atoms with Crippen LogP contribution in [0.25, 0.3) is 0 Å². The number of piperidine rings is 1. The molecule has 7 rings (SSSR count). The summed E-state index contributed by atoms with van der Waals surface area (Å²) >= 11 is 0. The number of ether oxygens (including phenoxy) is 1. The van der Waals surface area contributed by atoms with E-state index in [4.69, 9.17) is 4.74 Å². The van der Waals surface area contributed by atoms with Crippen molar-refractivity contribution in [3.8, 4) is 11.5 Å². The van der Waals surface area contributed by atoms with Gasteiger partial charge in [-0.15, -0.1) is 0 Å². The fourth-order valence-corrected chi connectivity index (χ4v) is 7.87. The zero-order valence-electron chi connectivity index (χ0n) is 19.6. The lowest BCUT2D eigenvalue weighted by Crippen LogP contribution is -2.77. The Morgan fingerprint density at radius 1 is 1.20 bits per heavy atom. The Labute approximate surface area is 203 Å².